The molecule has 0 aliphatic heterocycles. The zero-order valence-electron chi connectivity index (χ0n) is 18.6. The first-order chi connectivity index (χ1) is 15.3. The van der Waals surface area contributed by atoms with E-state index in [1.165, 1.54) is 40.8 Å². The second-order valence-electron chi connectivity index (χ2n) is 9.15. The van der Waals surface area contributed by atoms with E-state index >= 15 is 0 Å². The van der Waals surface area contributed by atoms with Crippen molar-refractivity contribution in [1.82, 2.24) is 4.98 Å². The molecule has 4 rings (SSSR count). The van der Waals surface area contributed by atoms with Crippen molar-refractivity contribution < 1.29 is 23.6 Å². The number of aromatic nitrogens is 1. The van der Waals surface area contributed by atoms with Crippen molar-refractivity contribution in [2.24, 2.45) is 5.73 Å². The van der Waals surface area contributed by atoms with Crippen LogP contribution in [0.2, 0.25) is 0 Å². The minimum Gasteiger partial charge on any atom is -0.470 e. The third-order valence-corrected chi connectivity index (χ3v) is 8.05. The van der Waals surface area contributed by atoms with E-state index in [1.807, 2.05) is 0 Å². The smallest absolute Gasteiger partial charge is 0.469 e. The van der Waals surface area contributed by atoms with Crippen LogP contribution < -0.4 is 10.5 Å². The van der Waals surface area contributed by atoms with Gasteiger partial charge in [-0.25, -0.2) is 9.55 Å². The molecule has 7 nitrogen and oxygen atoms in total. The van der Waals surface area contributed by atoms with E-state index in [-0.39, 0.29) is 12.5 Å². The standard InChI is InChI=1S/C23H33N2O5PS/c1-2-3-4-5-12-29-22-25-20-9-7-17-13-16(6-8-19(17)21(20)32-22)18-10-11-23(24,14-18)15-30-31(26,27)28/h6,8,13,18H,2-5,7,9-12,14-15,24H2,1H3,(H2,26,27,28)/t18-,23+/m0/s1. The lowest BCUT2D eigenvalue weighted by Crippen LogP contribution is -2.41. The van der Waals surface area contributed by atoms with Crippen LogP contribution in [0.5, 0.6) is 5.19 Å². The van der Waals surface area contributed by atoms with Crippen molar-refractivity contribution >= 4 is 19.2 Å². The number of rotatable bonds is 10. The van der Waals surface area contributed by atoms with Gasteiger partial charge in [0.1, 0.15) is 0 Å². The number of hydrogen-bond acceptors (Lipinski definition) is 6. The van der Waals surface area contributed by atoms with E-state index in [2.05, 4.69) is 25.1 Å². The molecule has 2 aliphatic carbocycles. The Morgan fingerprint density at radius 3 is 2.91 bits per heavy atom. The molecule has 0 spiro atoms. The molecule has 1 aromatic heterocycles. The van der Waals surface area contributed by atoms with Crippen LogP contribution in [0.1, 0.15) is 74.6 Å². The molecule has 2 atom stereocenters. The summed E-state index contributed by atoms with van der Waals surface area (Å²) in [7, 11) is -4.50. The number of nitrogens with two attached hydrogens (primary N) is 1. The molecule has 0 amide bonds. The van der Waals surface area contributed by atoms with E-state index in [4.69, 9.17) is 29.8 Å². The van der Waals surface area contributed by atoms with Gasteiger partial charge >= 0.3 is 7.82 Å². The van der Waals surface area contributed by atoms with Gasteiger partial charge in [-0.05, 0) is 61.1 Å². The summed E-state index contributed by atoms with van der Waals surface area (Å²) in [6.45, 7) is 2.81. The molecular weight excluding hydrogens is 447 g/mol. The Labute approximate surface area is 193 Å². The molecule has 0 radical (unpaired) electrons. The normalized spacial score (nSPS) is 22.6. The number of fused-ring (bicyclic) bond motifs is 3. The zero-order chi connectivity index (χ0) is 22.8. The lowest BCUT2D eigenvalue weighted by molar-refractivity contribution is 0.153. The SMILES string of the molecule is CCCCCCOc1nc2c(s1)-c1ccc([C@H]3CC[C@](N)(COP(=O)(O)O)C3)cc1CC2. The van der Waals surface area contributed by atoms with E-state index in [0.29, 0.717) is 12.8 Å². The molecule has 2 aliphatic rings. The van der Waals surface area contributed by atoms with Gasteiger partial charge < -0.3 is 20.3 Å². The summed E-state index contributed by atoms with van der Waals surface area (Å²) >= 11 is 1.64. The average molecular weight is 481 g/mol. The molecule has 176 valence electrons. The third-order valence-electron chi connectivity index (χ3n) is 6.54. The van der Waals surface area contributed by atoms with Gasteiger partial charge in [0, 0.05) is 5.54 Å². The van der Waals surface area contributed by atoms with Crippen LogP contribution in [-0.4, -0.2) is 33.5 Å². The highest BCUT2D eigenvalue weighted by Gasteiger charge is 2.38. The van der Waals surface area contributed by atoms with Crippen molar-refractivity contribution in [2.45, 2.75) is 76.2 Å². The highest BCUT2D eigenvalue weighted by molar-refractivity contribution is 7.46. The van der Waals surface area contributed by atoms with Gasteiger partial charge in [0.2, 0.25) is 0 Å². The van der Waals surface area contributed by atoms with Crippen molar-refractivity contribution in [3.8, 4) is 15.6 Å². The van der Waals surface area contributed by atoms with E-state index in [0.717, 1.165) is 43.2 Å². The lowest BCUT2D eigenvalue weighted by atomic mass is 9.87. The molecule has 4 N–H and O–H groups in total. The highest BCUT2D eigenvalue weighted by atomic mass is 32.1. The van der Waals surface area contributed by atoms with Gasteiger partial charge in [-0.2, -0.15) is 0 Å². The molecule has 0 saturated heterocycles. The van der Waals surface area contributed by atoms with Crippen LogP contribution in [0.3, 0.4) is 0 Å². The van der Waals surface area contributed by atoms with Crippen molar-refractivity contribution in [2.75, 3.05) is 13.2 Å². The Morgan fingerprint density at radius 1 is 1.28 bits per heavy atom. The van der Waals surface area contributed by atoms with E-state index < -0.39 is 13.4 Å². The van der Waals surface area contributed by atoms with Gasteiger partial charge in [-0.1, -0.05) is 55.7 Å². The maximum Gasteiger partial charge on any atom is 0.469 e. The number of unbranched alkanes of at least 4 members (excludes halogenated alkanes) is 3. The van der Waals surface area contributed by atoms with Crippen LogP contribution in [0.4, 0.5) is 0 Å². The summed E-state index contributed by atoms with van der Waals surface area (Å²) in [6.07, 6.45) is 8.85. The van der Waals surface area contributed by atoms with Crippen LogP contribution in [0.25, 0.3) is 10.4 Å². The zero-order valence-corrected chi connectivity index (χ0v) is 20.3. The molecule has 1 heterocycles. The quantitative estimate of drug-likeness (QED) is 0.326. The maximum absolute atomic E-state index is 11.0. The van der Waals surface area contributed by atoms with Crippen LogP contribution in [0.15, 0.2) is 18.2 Å². The fraction of sp³-hybridized carbons (Fsp3) is 0.609. The largest absolute Gasteiger partial charge is 0.470 e. The van der Waals surface area contributed by atoms with Crippen molar-refractivity contribution in [1.29, 1.82) is 0 Å². The highest BCUT2D eigenvalue weighted by Crippen LogP contribution is 2.46. The summed E-state index contributed by atoms with van der Waals surface area (Å²) in [5.74, 6) is 0.274. The Balaban J connectivity index is 1.42. The summed E-state index contributed by atoms with van der Waals surface area (Å²) in [4.78, 5) is 23.9. The molecule has 9 heteroatoms. The van der Waals surface area contributed by atoms with Crippen molar-refractivity contribution in [3.05, 3.63) is 35.0 Å². The Hall–Kier alpha value is -1.28. The minimum absolute atomic E-state index is 0.121. The Bertz CT molecular complexity index is 991. The number of benzene rings is 1. The second kappa shape index (κ2) is 9.92. The number of aryl methyl sites for hydroxylation is 2. The molecule has 2 aromatic rings. The van der Waals surface area contributed by atoms with Gasteiger partial charge in [0.15, 0.2) is 0 Å². The van der Waals surface area contributed by atoms with Crippen molar-refractivity contribution in [3.63, 3.8) is 0 Å². The molecule has 0 unspecified atom stereocenters. The predicted octanol–water partition coefficient (Wildman–Crippen LogP) is 4.94. The fourth-order valence-corrected chi connectivity index (χ4v) is 6.27. The summed E-state index contributed by atoms with van der Waals surface area (Å²) in [6, 6.07) is 6.64. The second-order valence-corrected chi connectivity index (χ2v) is 11.3. The number of thiazole rings is 1. The average Bonchev–Trinajstić information content (AvgIpc) is 3.35. The summed E-state index contributed by atoms with van der Waals surface area (Å²) < 4.78 is 21.7. The first kappa shape index (κ1) is 23.9. The molecule has 1 aromatic carbocycles. The Kier molecular flexibility index (Phi) is 7.40. The van der Waals surface area contributed by atoms with Crippen LogP contribution >= 0.6 is 19.2 Å². The number of ether oxygens (including phenoxy) is 1. The summed E-state index contributed by atoms with van der Waals surface area (Å²) in [5.41, 5.74) is 10.6. The van der Waals surface area contributed by atoms with Gasteiger partial charge in [-0.15, -0.1) is 0 Å². The number of phosphoric ester groups is 1. The monoisotopic (exact) mass is 480 g/mol. The number of hydrogen-bond donors (Lipinski definition) is 3. The molecule has 32 heavy (non-hydrogen) atoms. The first-order valence-electron chi connectivity index (χ1n) is 11.5. The molecule has 1 saturated carbocycles. The maximum atomic E-state index is 11.0. The van der Waals surface area contributed by atoms with E-state index in [1.54, 1.807) is 11.3 Å². The Morgan fingerprint density at radius 2 is 2.12 bits per heavy atom. The fourth-order valence-electron chi connectivity index (χ4n) is 4.79. The molecule has 1 fully saturated rings. The topological polar surface area (TPSA) is 115 Å². The number of nitrogens with zero attached hydrogens (tertiary/aromatic N) is 1. The first-order valence-corrected chi connectivity index (χ1v) is 13.9. The van der Waals surface area contributed by atoms with Gasteiger partial charge in [-0.3, -0.25) is 4.52 Å². The molecular formula is C23H33N2O5PS. The van der Waals surface area contributed by atoms with Gasteiger partial charge in [0.25, 0.3) is 5.19 Å². The molecule has 0 bridgehead atoms. The van der Waals surface area contributed by atoms with Gasteiger partial charge in [0.05, 0.1) is 23.8 Å². The van der Waals surface area contributed by atoms with Crippen LogP contribution in [0, 0.1) is 0 Å². The lowest BCUT2D eigenvalue weighted by Gasteiger charge is -2.24. The van der Waals surface area contributed by atoms with E-state index in [9.17, 15) is 4.57 Å². The number of phosphoric acid groups is 1. The summed E-state index contributed by atoms with van der Waals surface area (Å²) in [5, 5.41) is 0.775. The predicted molar refractivity (Wildman–Crippen MR) is 126 cm³/mol. The minimum atomic E-state index is -4.50. The van der Waals surface area contributed by atoms with Crippen LogP contribution in [-0.2, 0) is 21.9 Å². The third kappa shape index (κ3) is 5.79.